The zero-order valence-corrected chi connectivity index (χ0v) is 8.02. The summed E-state index contributed by atoms with van der Waals surface area (Å²) in [6.07, 6.45) is 0. The molecule has 0 amide bonds. The van der Waals surface area contributed by atoms with E-state index in [9.17, 15) is 0 Å². The molecule has 0 saturated carbocycles. The lowest BCUT2D eigenvalue weighted by Crippen LogP contribution is -2.19. The van der Waals surface area contributed by atoms with Gasteiger partial charge in [-0.25, -0.2) is 0 Å². The van der Waals surface area contributed by atoms with Gasteiger partial charge in [-0.3, -0.25) is 0 Å². The van der Waals surface area contributed by atoms with Gasteiger partial charge in [-0.1, -0.05) is 34.3 Å². The second-order valence-electron chi connectivity index (χ2n) is 3.21. The van der Waals surface area contributed by atoms with E-state index < -0.39 is 0 Å². The molecule has 0 spiro atoms. The molecule has 0 atom stereocenters. The maximum atomic E-state index is 3.71. The molecule has 0 heterocycles. The van der Waals surface area contributed by atoms with Gasteiger partial charge >= 0.3 is 0 Å². The van der Waals surface area contributed by atoms with E-state index in [0.717, 1.165) is 0 Å². The highest BCUT2D eigenvalue weighted by Gasteiger charge is 2.01. The van der Waals surface area contributed by atoms with Crippen LogP contribution < -0.4 is 5.46 Å². The zero-order chi connectivity index (χ0) is 9.14. The first-order valence-electron chi connectivity index (χ1n) is 4.18. The van der Waals surface area contributed by atoms with E-state index in [1.54, 1.807) is 0 Å². The SMILES string of the molecule is C=C[B]c1c(C)cc(C)cc1C. The van der Waals surface area contributed by atoms with Crippen molar-refractivity contribution in [1.29, 1.82) is 0 Å². The third kappa shape index (κ3) is 1.79. The standard InChI is InChI=1S/C11H14B/c1-5-12-11-9(3)6-8(2)7-10(11)4/h5-7H,1H2,2-4H3. The van der Waals surface area contributed by atoms with Crippen LogP contribution in [0.1, 0.15) is 16.7 Å². The average molecular weight is 157 g/mol. The summed E-state index contributed by atoms with van der Waals surface area (Å²) in [4.78, 5) is 0. The fourth-order valence-corrected chi connectivity index (χ4v) is 1.57. The molecular formula is C11H14B. The van der Waals surface area contributed by atoms with Crippen LogP contribution in [0, 0.1) is 20.8 Å². The van der Waals surface area contributed by atoms with E-state index in [-0.39, 0.29) is 0 Å². The van der Waals surface area contributed by atoms with Crippen LogP contribution >= 0.6 is 0 Å². The molecule has 1 aromatic carbocycles. The third-order valence-electron chi connectivity index (χ3n) is 2.02. The Morgan fingerprint density at radius 2 is 1.67 bits per heavy atom. The van der Waals surface area contributed by atoms with Crippen molar-refractivity contribution in [1.82, 2.24) is 0 Å². The van der Waals surface area contributed by atoms with Gasteiger partial charge in [0.05, 0.1) is 0 Å². The molecular weight excluding hydrogens is 143 g/mol. The molecule has 0 bridgehead atoms. The van der Waals surface area contributed by atoms with Crippen molar-refractivity contribution >= 4 is 12.7 Å². The third-order valence-corrected chi connectivity index (χ3v) is 2.02. The molecule has 0 N–H and O–H groups in total. The molecule has 0 aliphatic carbocycles. The minimum atomic E-state index is 1.30. The molecule has 1 rings (SSSR count). The monoisotopic (exact) mass is 157 g/mol. The number of hydrogen-bond donors (Lipinski definition) is 0. The number of aryl methyl sites for hydroxylation is 3. The van der Waals surface area contributed by atoms with Crippen molar-refractivity contribution in [3.05, 3.63) is 41.4 Å². The van der Waals surface area contributed by atoms with Crippen molar-refractivity contribution in [2.24, 2.45) is 0 Å². The Kier molecular flexibility index (Phi) is 2.75. The Balaban J connectivity index is 3.18. The smallest absolute Gasteiger partial charge is 0.123 e. The molecule has 1 heteroatoms. The summed E-state index contributed by atoms with van der Waals surface area (Å²) in [6.45, 7) is 10.1. The zero-order valence-electron chi connectivity index (χ0n) is 8.02. The molecule has 0 aromatic heterocycles. The fourth-order valence-electron chi connectivity index (χ4n) is 1.57. The fraction of sp³-hybridized carbons (Fsp3) is 0.273. The summed E-state index contributed by atoms with van der Waals surface area (Å²) in [5, 5.41) is 0. The van der Waals surface area contributed by atoms with E-state index in [4.69, 9.17) is 0 Å². The summed E-state index contributed by atoms with van der Waals surface area (Å²) >= 11 is 0. The Morgan fingerprint density at radius 1 is 1.17 bits per heavy atom. The molecule has 0 aliphatic heterocycles. The highest BCUT2D eigenvalue weighted by molar-refractivity contribution is 6.59. The van der Waals surface area contributed by atoms with E-state index in [1.165, 1.54) is 22.2 Å². The van der Waals surface area contributed by atoms with Crippen molar-refractivity contribution in [3.63, 3.8) is 0 Å². The van der Waals surface area contributed by atoms with Crippen LogP contribution in [-0.2, 0) is 0 Å². The van der Waals surface area contributed by atoms with Crippen LogP contribution in [0.3, 0.4) is 0 Å². The second kappa shape index (κ2) is 3.62. The van der Waals surface area contributed by atoms with Crippen molar-refractivity contribution < 1.29 is 0 Å². The maximum absolute atomic E-state index is 3.71. The lowest BCUT2D eigenvalue weighted by Gasteiger charge is -2.08. The summed E-state index contributed by atoms with van der Waals surface area (Å²) in [5.41, 5.74) is 5.28. The predicted molar refractivity (Wildman–Crippen MR) is 56.2 cm³/mol. The van der Waals surface area contributed by atoms with Crippen LogP contribution in [0.2, 0.25) is 0 Å². The normalized spacial score (nSPS) is 9.58. The lowest BCUT2D eigenvalue weighted by molar-refractivity contribution is 1.35. The molecule has 0 unspecified atom stereocenters. The Hall–Kier alpha value is -0.975. The maximum Gasteiger partial charge on any atom is 0.181 e. The number of rotatable bonds is 2. The van der Waals surface area contributed by atoms with E-state index in [2.05, 4.69) is 46.8 Å². The number of benzene rings is 1. The number of hydrogen-bond acceptors (Lipinski definition) is 0. The summed E-state index contributed by atoms with van der Waals surface area (Å²) < 4.78 is 0. The Morgan fingerprint density at radius 3 is 2.08 bits per heavy atom. The molecule has 1 aromatic rings. The average Bonchev–Trinajstić information content (AvgIpc) is 1.96. The van der Waals surface area contributed by atoms with Gasteiger partial charge in [0.1, 0.15) is 0 Å². The minimum Gasteiger partial charge on any atom is -0.123 e. The van der Waals surface area contributed by atoms with Crippen LogP contribution in [0.5, 0.6) is 0 Å². The quantitative estimate of drug-likeness (QED) is 0.576. The van der Waals surface area contributed by atoms with Gasteiger partial charge in [0.2, 0.25) is 0 Å². The molecule has 1 radical (unpaired) electrons. The van der Waals surface area contributed by atoms with Crippen LogP contribution in [-0.4, -0.2) is 7.28 Å². The van der Waals surface area contributed by atoms with Crippen LogP contribution in [0.15, 0.2) is 24.7 Å². The van der Waals surface area contributed by atoms with Gasteiger partial charge in [0.25, 0.3) is 0 Å². The highest BCUT2D eigenvalue weighted by atomic mass is 14.0. The molecule has 0 saturated heterocycles. The van der Waals surface area contributed by atoms with Crippen molar-refractivity contribution in [2.45, 2.75) is 20.8 Å². The summed E-state index contributed by atoms with van der Waals surface area (Å²) in [5.74, 6) is 1.84. The van der Waals surface area contributed by atoms with E-state index in [0.29, 0.717) is 0 Å². The summed E-state index contributed by atoms with van der Waals surface area (Å²) in [7, 11) is 2.06. The Labute approximate surface area is 75.6 Å². The lowest BCUT2D eigenvalue weighted by atomic mass is 9.66. The molecule has 61 valence electrons. The second-order valence-corrected chi connectivity index (χ2v) is 3.21. The van der Waals surface area contributed by atoms with Gasteiger partial charge in [0.15, 0.2) is 7.28 Å². The molecule has 0 fully saturated rings. The first kappa shape index (κ1) is 9.12. The predicted octanol–water partition coefficient (Wildman–Crippen LogP) is 2.08. The van der Waals surface area contributed by atoms with Gasteiger partial charge in [-0.05, 0) is 20.8 Å². The van der Waals surface area contributed by atoms with Crippen LogP contribution in [0.4, 0.5) is 0 Å². The Bertz CT molecular complexity index is 277. The van der Waals surface area contributed by atoms with Crippen molar-refractivity contribution in [2.75, 3.05) is 0 Å². The first-order chi connectivity index (χ1) is 5.65. The first-order valence-corrected chi connectivity index (χ1v) is 4.18. The minimum absolute atomic E-state index is 1.30. The van der Waals surface area contributed by atoms with E-state index in [1.807, 2.05) is 5.98 Å². The van der Waals surface area contributed by atoms with Gasteiger partial charge in [-0.2, -0.15) is 0 Å². The van der Waals surface area contributed by atoms with Gasteiger partial charge in [-0.15, -0.1) is 12.6 Å². The van der Waals surface area contributed by atoms with Crippen LogP contribution in [0.25, 0.3) is 0 Å². The molecule has 12 heavy (non-hydrogen) atoms. The molecule has 0 nitrogen and oxygen atoms in total. The molecule has 0 aliphatic rings. The van der Waals surface area contributed by atoms with E-state index >= 15 is 0 Å². The largest absolute Gasteiger partial charge is 0.181 e. The summed E-state index contributed by atoms with van der Waals surface area (Å²) in [6, 6.07) is 4.39. The van der Waals surface area contributed by atoms with Gasteiger partial charge in [0, 0.05) is 0 Å². The highest BCUT2D eigenvalue weighted by Crippen LogP contribution is 2.04. The topological polar surface area (TPSA) is 0 Å². The van der Waals surface area contributed by atoms with Gasteiger partial charge < -0.3 is 0 Å². The van der Waals surface area contributed by atoms with Crippen molar-refractivity contribution in [3.8, 4) is 0 Å².